The lowest BCUT2D eigenvalue weighted by atomic mass is 10.0. The number of ether oxygens (including phenoxy) is 2. The minimum Gasteiger partial charge on any atom is -0.396 e. The van der Waals surface area contributed by atoms with Gasteiger partial charge in [0.25, 0.3) is 0 Å². The van der Waals surface area contributed by atoms with Crippen LogP contribution in [-0.4, -0.2) is 30.0 Å². The molecule has 2 rings (SSSR count). The monoisotopic (exact) mass is 547 g/mol. The van der Waals surface area contributed by atoms with Crippen LogP contribution >= 0.6 is 0 Å². The van der Waals surface area contributed by atoms with Crippen molar-refractivity contribution in [3.63, 3.8) is 0 Å². The van der Waals surface area contributed by atoms with Gasteiger partial charge in [0.2, 0.25) is 0 Å². The third kappa shape index (κ3) is 15.1. The van der Waals surface area contributed by atoms with Gasteiger partial charge in [-0.3, -0.25) is 0 Å². The van der Waals surface area contributed by atoms with Gasteiger partial charge in [0, 0.05) is 11.3 Å². The molecule has 3 atom stereocenters. The van der Waals surface area contributed by atoms with Crippen molar-refractivity contribution in [1.82, 2.24) is 0 Å². The predicted octanol–water partition coefficient (Wildman–Crippen LogP) is 8.92. The fourth-order valence-electron chi connectivity index (χ4n) is 4.65. The number of nitrogens with zero attached hydrogens (tertiary/aromatic N) is 3. The Balaban J connectivity index is 1.90. The lowest BCUT2D eigenvalue weighted by Gasteiger charge is -2.28. The van der Waals surface area contributed by atoms with Crippen LogP contribution in [0.4, 0.5) is 0 Å². The lowest BCUT2D eigenvalue weighted by molar-refractivity contribution is -0.0770. The number of azide groups is 1. The molecule has 0 aromatic heterocycles. The summed E-state index contributed by atoms with van der Waals surface area (Å²) in [4.78, 5) is 2.94. The topological polar surface area (TPSA) is 87.5 Å². The molecule has 0 unspecified atom stereocenters. The molecule has 0 aliphatic rings. The molecule has 2 aromatic carbocycles. The van der Waals surface area contributed by atoms with Crippen LogP contribution in [0.2, 0.25) is 0 Å². The summed E-state index contributed by atoms with van der Waals surface area (Å²) in [6, 6.07) is 18.9. The molecule has 0 saturated carbocycles. The van der Waals surface area contributed by atoms with Gasteiger partial charge in [0.1, 0.15) is 12.2 Å². The zero-order valence-corrected chi connectivity index (χ0v) is 24.4. The maximum absolute atomic E-state index is 10.0. The molecule has 40 heavy (non-hydrogen) atoms. The highest BCUT2D eigenvalue weighted by Crippen LogP contribution is 2.18. The largest absolute Gasteiger partial charge is 0.396 e. The second-order valence-corrected chi connectivity index (χ2v) is 10.4. The Morgan fingerprint density at radius 1 is 0.750 bits per heavy atom. The Labute approximate surface area is 242 Å². The molecule has 0 aliphatic heterocycles. The first-order valence-corrected chi connectivity index (χ1v) is 15.2. The minimum absolute atomic E-state index is 0.300. The van der Waals surface area contributed by atoms with E-state index in [9.17, 15) is 5.11 Å². The van der Waals surface area contributed by atoms with Gasteiger partial charge in [-0.1, -0.05) is 149 Å². The van der Waals surface area contributed by atoms with E-state index in [2.05, 4.69) is 28.8 Å². The lowest BCUT2D eigenvalue weighted by Crippen LogP contribution is -2.41. The molecule has 0 heterocycles. The van der Waals surface area contributed by atoms with E-state index in [1.165, 1.54) is 70.6 Å². The molecule has 0 aliphatic carbocycles. The van der Waals surface area contributed by atoms with E-state index in [4.69, 9.17) is 15.0 Å². The van der Waals surface area contributed by atoms with Crippen molar-refractivity contribution >= 4 is 0 Å². The van der Waals surface area contributed by atoms with Crippen LogP contribution in [0, 0.1) is 11.8 Å². The van der Waals surface area contributed by atoms with E-state index in [1.54, 1.807) is 0 Å². The number of benzene rings is 2. The van der Waals surface area contributed by atoms with Crippen LogP contribution in [-0.2, 0) is 22.7 Å². The first-order valence-electron chi connectivity index (χ1n) is 15.2. The molecular weight excluding hydrogens is 498 g/mol. The quantitative estimate of drug-likeness (QED) is 0.0525. The van der Waals surface area contributed by atoms with Gasteiger partial charge < -0.3 is 14.6 Å². The van der Waals surface area contributed by atoms with Gasteiger partial charge >= 0.3 is 0 Å². The average Bonchev–Trinajstić information content (AvgIpc) is 3.00. The van der Waals surface area contributed by atoms with Crippen LogP contribution in [0.25, 0.3) is 10.4 Å². The summed E-state index contributed by atoms with van der Waals surface area (Å²) in [5.41, 5.74) is 11.1. The predicted molar refractivity (Wildman–Crippen MR) is 164 cm³/mol. The minimum atomic E-state index is -0.810. The van der Waals surface area contributed by atoms with E-state index in [-0.39, 0.29) is 6.61 Å². The summed E-state index contributed by atoms with van der Waals surface area (Å²) in [5.74, 6) is 6.53. The van der Waals surface area contributed by atoms with Crippen molar-refractivity contribution in [1.29, 1.82) is 0 Å². The summed E-state index contributed by atoms with van der Waals surface area (Å²) < 4.78 is 12.4. The van der Waals surface area contributed by atoms with E-state index in [1.807, 2.05) is 60.7 Å². The summed E-state index contributed by atoms with van der Waals surface area (Å²) in [6.45, 7) is 2.56. The summed E-state index contributed by atoms with van der Waals surface area (Å²) in [5, 5.41) is 13.8. The maximum Gasteiger partial charge on any atom is 0.145 e. The van der Waals surface area contributed by atoms with Gasteiger partial charge in [0.05, 0.1) is 25.9 Å². The van der Waals surface area contributed by atoms with E-state index in [0.717, 1.165) is 24.0 Å². The molecule has 1 N–H and O–H groups in total. The Morgan fingerprint density at radius 2 is 1.25 bits per heavy atom. The molecule has 0 bridgehead atoms. The third-order valence-electron chi connectivity index (χ3n) is 7.02. The summed E-state index contributed by atoms with van der Waals surface area (Å²) in [7, 11) is 0. The van der Waals surface area contributed by atoms with Gasteiger partial charge in [-0.25, -0.2) is 0 Å². The van der Waals surface area contributed by atoms with Gasteiger partial charge in [-0.2, -0.15) is 0 Å². The molecule has 0 amide bonds. The van der Waals surface area contributed by atoms with Crippen molar-refractivity contribution in [2.75, 3.05) is 6.61 Å². The first kappa shape index (κ1) is 33.4. The Morgan fingerprint density at radius 3 is 1.75 bits per heavy atom. The molecule has 0 radical (unpaired) electrons. The molecule has 0 saturated heterocycles. The first-order chi connectivity index (χ1) is 19.8. The average molecular weight is 548 g/mol. The number of aliphatic hydroxyl groups excluding tert-OH is 1. The Kier molecular flexibility index (Phi) is 19.2. The van der Waals surface area contributed by atoms with Crippen molar-refractivity contribution in [3.8, 4) is 11.8 Å². The highest BCUT2D eigenvalue weighted by atomic mass is 16.5. The molecule has 0 fully saturated rings. The van der Waals surface area contributed by atoms with Gasteiger partial charge in [0.15, 0.2) is 0 Å². The molecule has 218 valence electrons. The highest BCUT2D eigenvalue weighted by Gasteiger charge is 2.30. The Hall–Kier alpha value is -2.81. The smallest absolute Gasteiger partial charge is 0.145 e. The Bertz CT molecular complexity index is 984. The van der Waals surface area contributed by atoms with E-state index >= 15 is 0 Å². The maximum atomic E-state index is 10.0. The van der Waals surface area contributed by atoms with Crippen LogP contribution in [0.3, 0.4) is 0 Å². The summed E-state index contributed by atoms with van der Waals surface area (Å²) in [6.07, 6.45) is 15.1. The number of hydrogen-bond acceptors (Lipinski definition) is 4. The third-order valence-corrected chi connectivity index (χ3v) is 7.02. The van der Waals surface area contributed by atoms with Gasteiger partial charge in [-0.05, 0) is 23.1 Å². The van der Waals surface area contributed by atoms with Crippen LogP contribution in [0.1, 0.15) is 102 Å². The van der Waals surface area contributed by atoms with Crippen molar-refractivity contribution in [3.05, 3.63) is 82.2 Å². The SMILES string of the molecule is CCCCCCCCCCCCCCC#C[C@H](OCc1ccccc1)[C@@H](OCc1ccccc1)[C@H](CO)N=[N+]=[N-]. The number of hydrogen-bond donors (Lipinski definition) is 1. The fraction of sp³-hybridized carbons (Fsp3) is 0.588. The normalized spacial score (nSPS) is 13.1. The van der Waals surface area contributed by atoms with Crippen LogP contribution < -0.4 is 0 Å². The molecular formula is C34H49N3O3. The number of unbranched alkanes of at least 4 members (excludes halogenated alkanes) is 12. The molecule has 2 aromatic rings. The van der Waals surface area contributed by atoms with Crippen LogP contribution in [0.15, 0.2) is 65.8 Å². The van der Waals surface area contributed by atoms with Crippen molar-refractivity contribution in [2.24, 2.45) is 5.11 Å². The van der Waals surface area contributed by atoms with E-state index < -0.39 is 18.2 Å². The van der Waals surface area contributed by atoms with Gasteiger partial charge in [-0.15, -0.1) is 5.92 Å². The fourth-order valence-corrected chi connectivity index (χ4v) is 4.65. The zero-order valence-electron chi connectivity index (χ0n) is 24.4. The second-order valence-electron chi connectivity index (χ2n) is 10.4. The summed E-state index contributed by atoms with van der Waals surface area (Å²) >= 11 is 0. The second kappa shape index (κ2) is 22.9. The molecule has 0 spiro atoms. The number of aliphatic hydroxyl groups is 1. The standard InChI is InChI=1S/C34H49N3O3/c1-2-3-4-5-6-7-8-9-10-11-12-13-14-21-26-33(39-28-30-22-17-15-18-23-30)34(32(27-38)36-37-35)40-29-31-24-19-16-20-25-31/h15-20,22-25,32-34,38H,2-14,27-29H2,1H3/t32-,33-,34-/m0/s1. The van der Waals surface area contributed by atoms with Crippen molar-refractivity contribution < 1.29 is 14.6 Å². The zero-order chi connectivity index (χ0) is 28.5. The van der Waals surface area contributed by atoms with Crippen LogP contribution in [0.5, 0.6) is 0 Å². The number of rotatable bonds is 22. The van der Waals surface area contributed by atoms with E-state index in [0.29, 0.717) is 13.2 Å². The molecule has 6 heteroatoms. The molecule has 6 nitrogen and oxygen atoms in total. The van der Waals surface area contributed by atoms with Crippen molar-refractivity contribution in [2.45, 2.75) is 122 Å². The highest BCUT2D eigenvalue weighted by molar-refractivity contribution is 5.16.